The van der Waals surface area contributed by atoms with Crippen molar-refractivity contribution in [3.05, 3.63) is 33.1 Å². The second-order valence-corrected chi connectivity index (χ2v) is 8.76. The predicted molar refractivity (Wildman–Crippen MR) is 110 cm³/mol. The molecule has 1 saturated heterocycles. The van der Waals surface area contributed by atoms with E-state index in [-0.39, 0.29) is 11.5 Å². The van der Waals surface area contributed by atoms with Crippen LogP contribution in [0.3, 0.4) is 0 Å². The van der Waals surface area contributed by atoms with Gasteiger partial charge in [-0.15, -0.1) is 0 Å². The topological polar surface area (TPSA) is 99.2 Å². The third-order valence-electron chi connectivity index (χ3n) is 3.41. The van der Waals surface area contributed by atoms with Gasteiger partial charge in [0.15, 0.2) is 6.61 Å². The van der Waals surface area contributed by atoms with Crippen molar-refractivity contribution < 1.29 is 33.4 Å². The van der Waals surface area contributed by atoms with Gasteiger partial charge in [-0.3, -0.25) is 19.3 Å². The van der Waals surface area contributed by atoms with Crippen LogP contribution in [0.25, 0.3) is 6.08 Å². The van der Waals surface area contributed by atoms with E-state index in [1.807, 2.05) is 0 Å². The van der Waals surface area contributed by atoms with Gasteiger partial charge in [-0.1, -0.05) is 6.07 Å². The van der Waals surface area contributed by atoms with Crippen LogP contribution in [0.2, 0.25) is 0 Å². The lowest BCUT2D eigenvalue weighted by Crippen LogP contribution is -2.37. The smallest absolute Gasteiger partial charge is 0.343 e. The van der Waals surface area contributed by atoms with Crippen molar-refractivity contribution >= 4 is 56.9 Å². The van der Waals surface area contributed by atoms with Crippen LogP contribution in [0.1, 0.15) is 26.3 Å². The SMILES string of the molecule is COC(=O)COc1ccc(C=C2SC(=O)N(CC(=O)OC(C)(C)C)C2=O)cc1Br. The number of nitrogens with zero attached hydrogens (tertiary/aromatic N) is 1. The number of hydrogen-bond donors (Lipinski definition) is 0. The first kappa shape index (κ1) is 23.0. The molecule has 1 heterocycles. The van der Waals surface area contributed by atoms with Crippen LogP contribution in [0.4, 0.5) is 4.79 Å². The number of esters is 2. The number of halogens is 1. The van der Waals surface area contributed by atoms with Crippen molar-refractivity contribution in [1.82, 2.24) is 4.90 Å². The van der Waals surface area contributed by atoms with Crippen molar-refractivity contribution in [3.8, 4) is 5.75 Å². The highest BCUT2D eigenvalue weighted by Gasteiger charge is 2.37. The Labute approximate surface area is 180 Å². The first-order chi connectivity index (χ1) is 13.5. The number of ether oxygens (including phenoxy) is 3. The first-order valence-electron chi connectivity index (χ1n) is 8.46. The highest BCUT2D eigenvalue weighted by molar-refractivity contribution is 9.10. The van der Waals surface area contributed by atoms with Crippen molar-refractivity contribution in [1.29, 1.82) is 0 Å². The summed E-state index contributed by atoms with van der Waals surface area (Å²) in [7, 11) is 1.26. The minimum Gasteiger partial charge on any atom is -0.481 e. The van der Waals surface area contributed by atoms with E-state index in [0.29, 0.717) is 15.8 Å². The first-order valence-corrected chi connectivity index (χ1v) is 10.1. The molecule has 1 fully saturated rings. The number of imide groups is 1. The average Bonchev–Trinajstić information content (AvgIpc) is 2.86. The molecule has 2 amide bonds. The fourth-order valence-corrected chi connectivity index (χ4v) is 3.56. The van der Waals surface area contributed by atoms with Gasteiger partial charge in [0.05, 0.1) is 16.5 Å². The van der Waals surface area contributed by atoms with Crippen molar-refractivity contribution in [2.45, 2.75) is 26.4 Å². The van der Waals surface area contributed by atoms with Crippen LogP contribution in [-0.4, -0.2) is 53.8 Å². The van der Waals surface area contributed by atoms with E-state index in [0.717, 1.165) is 16.7 Å². The van der Waals surface area contributed by atoms with Gasteiger partial charge in [0.1, 0.15) is 17.9 Å². The Morgan fingerprint density at radius 1 is 1.21 bits per heavy atom. The molecule has 1 aliphatic heterocycles. The molecule has 8 nitrogen and oxygen atoms in total. The molecule has 0 saturated carbocycles. The van der Waals surface area contributed by atoms with E-state index in [1.165, 1.54) is 13.2 Å². The largest absolute Gasteiger partial charge is 0.481 e. The van der Waals surface area contributed by atoms with Crippen LogP contribution >= 0.6 is 27.7 Å². The third kappa shape index (κ3) is 6.60. The number of hydrogen-bond acceptors (Lipinski definition) is 8. The molecule has 1 aromatic carbocycles. The van der Waals surface area contributed by atoms with Gasteiger partial charge in [0.2, 0.25) is 0 Å². The molecule has 0 atom stereocenters. The van der Waals surface area contributed by atoms with Crippen LogP contribution < -0.4 is 4.74 Å². The van der Waals surface area contributed by atoms with Crippen LogP contribution in [0, 0.1) is 0 Å². The number of carbonyl (C=O) groups excluding carboxylic acids is 4. The zero-order valence-corrected chi connectivity index (χ0v) is 18.7. The van der Waals surface area contributed by atoms with Crippen LogP contribution in [-0.2, 0) is 23.9 Å². The van der Waals surface area contributed by atoms with Gasteiger partial charge in [0.25, 0.3) is 11.1 Å². The summed E-state index contributed by atoms with van der Waals surface area (Å²) in [5.74, 6) is -1.31. The van der Waals surface area contributed by atoms with Gasteiger partial charge < -0.3 is 14.2 Å². The summed E-state index contributed by atoms with van der Waals surface area (Å²) in [6.07, 6.45) is 1.54. The molecule has 0 bridgehead atoms. The van der Waals surface area contributed by atoms with E-state index in [2.05, 4.69) is 20.7 Å². The van der Waals surface area contributed by atoms with Crippen molar-refractivity contribution in [3.63, 3.8) is 0 Å². The molecule has 10 heteroatoms. The normalized spacial score (nSPS) is 15.6. The number of rotatable bonds is 6. The van der Waals surface area contributed by atoms with Gasteiger partial charge in [0, 0.05) is 0 Å². The van der Waals surface area contributed by atoms with Gasteiger partial charge >= 0.3 is 11.9 Å². The lowest BCUT2D eigenvalue weighted by molar-refractivity contribution is -0.156. The van der Waals surface area contributed by atoms with E-state index < -0.39 is 35.2 Å². The summed E-state index contributed by atoms with van der Waals surface area (Å²) in [4.78, 5) is 48.8. The number of methoxy groups -OCH3 is 1. The van der Waals surface area contributed by atoms with E-state index in [1.54, 1.807) is 39.0 Å². The Balaban J connectivity index is 2.09. The van der Waals surface area contributed by atoms with Crippen molar-refractivity contribution in [2.24, 2.45) is 0 Å². The summed E-state index contributed by atoms with van der Waals surface area (Å²) in [6, 6.07) is 4.96. The third-order valence-corrected chi connectivity index (χ3v) is 4.93. The molecule has 0 radical (unpaired) electrons. The molecule has 2 rings (SSSR count). The second kappa shape index (κ2) is 9.45. The summed E-state index contributed by atoms with van der Waals surface area (Å²) in [6.45, 7) is 4.43. The Morgan fingerprint density at radius 2 is 1.90 bits per heavy atom. The predicted octanol–water partition coefficient (Wildman–Crippen LogP) is 3.38. The highest BCUT2D eigenvalue weighted by atomic mass is 79.9. The number of amides is 2. The molecule has 1 aliphatic rings. The molecule has 0 aliphatic carbocycles. The monoisotopic (exact) mass is 485 g/mol. The summed E-state index contributed by atoms with van der Waals surface area (Å²) < 4.78 is 15.6. The summed E-state index contributed by atoms with van der Waals surface area (Å²) in [5.41, 5.74) is -0.0800. The Bertz CT molecular complexity index is 876. The van der Waals surface area contributed by atoms with Gasteiger partial charge in [-0.25, -0.2) is 4.79 Å². The van der Waals surface area contributed by atoms with E-state index in [4.69, 9.17) is 9.47 Å². The van der Waals surface area contributed by atoms with Crippen molar-refractivity contribution in [2.75, 3.05) is 20.3 Å². The Kier molecular flexibility index (Phi) is 7.48. The zero-order valence-electron chi connectivity index (χ0n) is 16.3. The molecular formula is C19H20BrNO7S. The highest BCUT2D eigenvalue weighted by Crippen LogP contribution is 2.34. The molecule has 1 aromatic rings. The number of carbonyl (C=O) groups is 4. The minimum atomic E-state index is -0.710. The Morgan fingerprint density at radius 3 is 2.48 bits per heavy atom. The maximum absolute atomic E-state index is 12.5. The maximum atomic E-state index is 12.5. The fraction of sp³-hybridized carbons (Fsp3) is 0.368. The van der Waals surface area contributed by atoms with Gasteiger partial charge in [-0.2, -0.15) is 0 Å². The molecule has 0 spiro atoms. The van der Waals surface area contributed by atoms with Gasteiger partial charge in [-0.05, 0) is 72.2 Å². The van der Waals surface area contributed by atoms with Crippen LogP contribution in [0.15, 0.2) is 27.6 Å². The quantitative estimate of drug-likeness (QED) is 0.446. The molecule has 29 heavy (non-hydrogen) atoms. The second-order valence-electron chi connectivity index (χ2n) is 6.91. The number of thioether (sulfide) groups is 1. The summed E-state index contributed by atoms with van der Waals surface area (Å²) in [5, 5.41) is -0.538. The molecule has 156 valence electrons. The lowest BCUT2D eigenvalue weighted by atomic mass is 10.2. The lowest BCUT2D eigenvalue weighted by Gasteiger charge is -2.21. The molecule has 0 unspecified atom stereocenters. The Hall–Kier alpha value is -2.33. The standard InChI is InChI=1S/C19H20BrNO7S/c1-19(2,3)28-15(22)9-21-17(24)14(29-18(21)25)8-11-5-6-13(12(20)7-11)27-10-16(23)26-4/h5-8H,9-10H2,1-4H3. The zero-order chi connectivity index (χ0) is 21.8. The molecular weight excluding hydrogens is 466 g/mol. The van der Waals surface area contributed by atoms with E-state index in [9.17, 15) is 19.2 Å². The average molecular weight is 486 g/mol. The van der Waals surface area contributed by atoms with E-state index >= 15 is 0 Å². The minimum absolute atomic E-state index is 0.189. The molecule has 0 aromatic heterocycles. The fourth-order valence-electron chi connectivity index (χ4n) is 2.21. The summed E-state index contributed by atoms with van der Waals surface area (Å²) >= 11 is 4.08. The number of benzene rings is 1. The maximum Gasteiger partial charge on any atom is 0.343 e. The van der Waals surface area contributed by atoms with Crippen LogP contribution in [0.5, 0.6) is 5.75 Å². The molecule has 0 N–H and O–H groups in total.